The van der Waals surface area contributed by atoms with Crippen molar-refractivity contribution in [2.45, 2.75) is 73.6 Å². The highest BCUT2D eigenvalue weighted by molar-refractivity contribution is 4.80. The van der Waals surface area contributed by atoms with E-state index in [-0.39, 0.29) is 0 Å². The lowest BCUT2D eigenvalue weighted by atomic mass is 9.69. The largest absolute Gasteiger partial charge is 0.0654 e. The molecule has 0 rings (SSSR count). The predicted octanol–water partition coefficient (Wildman–Crippen LogP) is 5.28. The highest BCUT2D eigenvalue weighted by Gasteiger charge is 2.29. The molecule has 0 fully saturated rings. The molecule has 0 heteroatoms. The van der Waals surface area contributed by atoms with Crippen LogP contribution < -0.4 is 0 Å². The smallest absolute Gasteiger partial charge is 0.0300 e. The Morgan fingerprint density at radius 1 is 0.929 bits per heavy atom. The SMILES string of the molecule is CCCC(C)(CCC)C(C)CC(C)C. The Labute approximate surface area is 91.5 Å². The van der Waals surface area contributed by atoms with E-state index in [9.17, 15) is 0 Å². The Hall–Kier alpha value is 0. The average molecular weight is 198 g/mol. The van der Waals surface area contributed by atoms with E-state index in [1.807, 2.05) is 0 Å². The molecule has 0 saturated heterocycles. The molecular weight excluding hydrogens is 168 g/mol. The minimum Gasteiger partial charge on any atom is -0.0654 e. The molecule has 0 spiro atoms. The molecule has 1 atom stereocenters. The number of hydrogen-bond donors (Lipinski definition) is 0. The van der Waals surface area contributed by atoms with Gasteiger partial charge in [0, 0.05) is 0 Å². The van der Waals surface area contributed by atoms with Gasteiger partial charge in [0.05, 0.1) is 0 Å². The fourth-order valence-electron chi connectivity index (χ4n) is 2.75. The topological polar surface area (TPSA) is 0 Å². The second-order valence-corrected chi connectivity index (χ2v) is 5.68. The molecule has 0 aromatic heterocycles. The summed E-state index contributed by atoms with van der Waals surface area (Å²) in [5, 5.41) is 0. The van der Waals surface area contributed by atoms with Crippen LogP contribution >= 0.6 is 0 Å². The molecule has 0 aromatic carbocycles. The maximum atomic E-state index is 2.49. The van der Waals surface area contributed by atoms with Crippen LogP contribution in [0.3, 0.4) is 0 Å². The number of hydrogen-bond acceptors (Lipinski definition) is 0. The zero-order valence-corrected chi connectivity index (χ0v) is 11.2. The Morgan fingerprint density at radius 2 is 1.36 bits per heavy atom. The third-order valence-electron chi connectivity index (χ3n) is 3.66. The van der Waals surface area contributed by atoms with Crippen LogP contribution in [0.5, 0.6) is 0 Å². The summed E-state index contributed by atoms with van der Waals surface area (Å²) < 4.78 is 0. The molecule has 0 nitrogen and oxygen atoms in total. The summed E-state index contributed by atoms with van der Waals surface area (Å²) in [7, 11) is 0. The fourth-order valence-corrected chi connectivity index (χ4v) is 2.75. The molecule has 0 bridgehead atoms. The van der Waals surface area contributed by atoms with Gasteiger partial charge in [-0.3, -0.25) is 0 Å². The van der Waals surface area contributed by atoms with Gasteiger partial charge in [-0.2, -0.15) is 0 Å². The van der Waals surface area contributed by atoms with Gasteiger partial charge in [-0.15, -0.1) is 0 Å². The van der Waals surface area contributed by atoms with Crippen molar-refractivity contribution < 1.29 is 0 Å². The zero-order valence-electron chi connectivity index (χ0n) is 11.2. The standard InChI is InChI=1S/C14H30/c1-7-9-14(6,10-8-2)13(5)11-12(3)4/h12-13H,7-11H2,1-6H3. The van der Waals surface area contributed by atoms with Gasteiger partial charge in [0.15, 0.2) is 0 Å². The summed E-state index contributed by atoms with van der Waals surface area (Å²) >= 11 is 0. The molecule has 0 saturated carbocycles. The molecule has 0 N–H and O–H groups in total. The van der Waals surface area contributed by atoms with Crippen molar-refractivity contribution in [2.24, 2.45) is 17.3 Å². The molecule has 0 aromatic rings. The second-order valence-electron chi connectivity index (χ2n) is 5.68. The van der Waals surface area contributed by atoms with Crippen LogP contribution in [0.4, 0.5) is 0 Å². The minimum atomic E-state index is 0.591. The fraction of sp³-hybridized carbons (Fsp3) is 1.00. The molecule has 1 unspecified atom stereocenters. The van der Waals surface area contributed by atoms with Crippen molar-refractivity contribution in [3.8, 4) is 0 Å². The first kappa shape index (κ1) is 14.0. The van der Waals surface area contributed by atoms with Crippen LogP contribution in [0.1, 0.15) is 73.6 Å². The highest BCUT2D eigenvalue weighted by atomic mass is 14.3. The van der Waals surface area contributed by atoms with E-state index < -0.39 is 0 Å². The molecular formula is C14H30. The third-order valence-corrected chi connectivity index (χ3v) is 3.66. The van der Waals surface area contributed by atoms with Crippen LogP contribution in [-0.4, -0.2) is 0 Å². The zero-order chi connectivity index (χ0) is 11.2. The van der Waals surface area contributed by atoms with Crippen molar-refractivity contribution in [1.82, 2.24) is 0 Å². The van der Waals surface area contributed by atoms with Gasteiger partial charge in [0.25, 0.3) is 0 Å². The van der Waals surface area contributed by atoms with Crippen molar-refractivity contribution in [2.75, 3.05) is 0 Å². The van der Waals surface area contributed by atoms with Crippen molar-refractivity contribution in [1.29, 1.82) is 0 Å². The summed E-state index contributed by atoms with van der Waals surface area (Å²) in [5.74, 6) is 1.72. The molecule has 0 radical (unpaired) electrons. The van der Waals surface area contributed by atoms with Crippen LogP contribution in [0.25, 0.3) is 0 Å². The summed E-state index contributed by atoms with van der Waals surface area (Å²) in [6.07, 6.45) is 6.85. The lowest BCUT2D eigenvalue weighted by Gasteiger charge is -2.36. The first-order valence-electron chi connectivity index (χ1n) is 6.46. The molecule has 0 heterocycles. The van der Waals surface area contributed by atoms with Gasteiger partial charge in [0.2, 0.25) is 0 Å². The van der Waals surface area contributed by atoms with E-state index in [2.05, 4.69) is 41.5 Å². The van der Waals surface area contributed by atoms with Crippen LogP contribution in [-0.2, 0) is 0 Å². The average Bonchev–Trinajstić information content (AvgIpc) is 2.03. The van der Waals surface area contributed by atoms with E-state index in [0.29, 0.717) is 5.41 Å². The van der Waals surface area contributed by atoms with Gasteiger partial charge >= 0.3 is 0 Å². The van der Waals surface area contributed by atoms with Gasteiger partial charge in [-0.1, -0.05) is 54.4 Å². The summed E-state index contributed by atoms with van der Waals surface area (Å²) in [6.45, 7) is 14.3. The first-order valence-corrected chi connectivity index (χ1v) is 6.46. The van der Waals surface area contributed by atoms with Crippen LogP contribution in [0.15, 0.2) is 0 Å². The van der Waals surface area contributed by atoms with Gasteiger partial charge in [-0.25, -0.2) is 0 Å². The highest BCUT2D eigenvalue weighted by Crippen LogP contribution is 2.40. The molecule has 0 aliphatic rings. The quantitative estimate of drug-likeness (QED) is 0.522. The van der Waals surface area contributed by atoms with E-state index in [0.717, 1.165) is 11.8 Å². The third kappa shape index (κ3) is 4.48. The lowest BCUT2D eigenvalue weighted by molar-refractivity contribution is 0.142. The van der Waals surface area contributed by atoms with E-state index in [4.69, 9.17) is 0 Å². The molecule has 0 amide bonds. The summed E-state index contributed by atoms with van der Waals surface area (Å²) in [5.41, 5.74) is 0.591. The molecule has 14 heavy (non-hydrogen) atoms. The molecule has 86 valence electrons. The van der Waals surface area contributed by atoms with Crippen molar-refractivity contribution in [3.63, 3.8) is 0 Å². The Kier molecular flexibility index (Phi) is 6.48. The normalized spacial score (nSPS) is 14.8. The molecule has 0 aliphatic carbocycles. The van der Waals surface area contributed by atoms with Crippen molar-refractivity contribution >= 4 is 0 Å². The van der Waals surface area contributed by atoms with E-state index in [1.165, 1.54) is 32.1 Å². The Morgan fingerprint density at radius 3 is 1.64 bits per heavy atom. The maximum Gasteiger partial charge on any atom is -0.0300 e. The minimum absolute atomic E-state index is 0.591. The Balaban J connectivity index is 4.29. The van der Waals surface area contributed by atoms with Gasteiger partial charge < -0.3 is 0 Å². The predicted molar refractivity (Wildman–Crippen MR) is 66.5 cm³/mol. The second kappa shape index (κ2) is 6.48. The first-order chi connectivity index (χ1) is 6.46. The van der Waals surface area contributed by atoms with E-state index in [1.54, 1.807) is 0 Å². The summed E-state index contributed by atoms with van der Waals surface area (Å²) in [4.78, 5) is 0. The van der Waals surface area contributed by atoms with Gasteiger partial charge in [0.1, 0.15) is 0 Å². The van der Waals surface area contributed by atoms with Crippen molar-refractivity contribution in [3.05, 3.63) is 0 Å². The van der Waals surface area contributed by atoms with E-state index >= 15 is 0 Å². The summed E-state index contributed by atoms with van der Waals surface area (Å²) in [6, 6.07) is 0. The van der Waals surface area contributed by atoms with Crippen LogP contribution in [0, 0.1) is 17.3 Å². The van der Waals surface area contributed by atoms with Crippen LogP contribution in [0.2, 0.25) is 0 Å². The number of rotatable bonds is 7. The Bertz CT molecular complexity index is 129. The monoisotopic (exact) mass is 198 g/mol. The maximum absolute atomic E-state index is 2.49. The lowest BCUT2D eigenvalue weighted by Crippen LogP contribution is -2.26. The van der Waals surface area contributed by atoms with Gasteiger partial charge in [-0.05, 0) is 36.5 Å². The molecule has 0 aliphatic heterocycles.